The molecule has 0 saturated carbocycles. The summed E-state index contributed by atoms with van der Waals surface area (Å²) in [6, 6.07) is 0. The number of hydrogen-bond donors (Lipinski definition) is 2. The van der Waals surface area contributed by atoms with Crippen LogP contribution in [0.4, 0.5) is 0 Å². The first-order valence-corrected chi connectivity index (χ1v) is 10.00. The fraction of sp³-hybridized carbons (Fsp3) is 0.842. The maximum atomic E-state index is 11.3. The first-order valence-electron chi connectivity index (χ1n) is 10.00. The number of esters is 1. The van der Waals surface area contributed by atoms with Gasteiger partial charge in [0, 0.05) is 19.6 Å². The van der Waals surface area contributed by atoms with Crippen molar-refractivity contribution in [3.8, 4) is 0 Å². The lowest BCUT2D eigenvalue weighted by Crippen LogP contribution is -2.25. The Morgan fingerprint density at radius 2 is 1.13 bits per heavy atom. The molecular formula is C19H35NO10. The van der Waals surface area contributed by atoms with Gasteiger partial charge < -0.3 is 38.8 Å². The minimum Gasteiger partial charge on any atom is -0.481 e. The zero-order chi connectivity index (χ0) is 22.3. The van der Waals surface area contributed by atoms with Gasteiger partial charge in [0.25, 0.3) is 0 Å². The number of hydrogen-bond acceptors (Lipinski definition) is 9. The van der Waals surface area contributed by atoms with Gasteiger partial charge in [-0.2, -0.15) is 0 Å². The number of amides is 1. The van der Waals surface area contributed by atoms with E-state index in [2.05, 4.69) is 10.1 Å². The third-order valence-corrected chi connectivity index (χ3v) is 3.52. The smallest absolute Gasteiger partial charge is 0.307 e. The van der Waals surface area contributed by atoms with Gasteiger partial charge in [0.15, 0.2) is 0 Å². The molecule has 0 spiro atoms. The molecule has 0 aromatic carbocycles. The number of carboxylic acid groups (broad SMARTS) is 1. The van der Waals surface area contributed by atoms with Crippen molar-refractivity contribution in [3.63, 3.8) is 0 Å². The fourth-order valence-electron chi connectivity index (χ4n) is 1.95. The van der Waals surface area contributed by atoms with Crippen LogP contribution in [0.1, 0.15) is 25.7 Å². The van der Waals surface area contributed by atoms with E-state index >= 15 is 0 Å². The zero-order valence-corrected chi connectivity index (χ0v) is 17.7. The van der Waals surface area contributed by atoms with Gasteiger partial charge >= 0.3 is 11.9 Å². The lowest BCUT2D eigenvalue weighted by Gasteiger charge is -2.08. The Morgan fingerprint density at radius 3 is 1.60 bits per heavy atom. The van der Waals surface area contributed by atoms with E-state index in [1.54, 1.807) is 0 Å². The standard InChI is InChI=1S/C19H35NO10/c1-25-19(24)5-8-27-10-12-29-14-16-30-15-13-28-11-9-26-7-2-6-20-17(21)3-4-18(22)23/h2-16H2,1H3,(H,20,21)(H,22,23). The molecule has 0 aromatic heterocycles. The number of nitrogens with one attached hydrogen (secondary N) is 1. The lowest BCUT2D eigenvalue weighted by molar-refractivity contribution is -0.142. The van der Waals surface area contributed by atoms with E-state index in [-0.39, 0.29) is 31.1 Å². The molecule has 0 rings (SSSR count). The predicted octanol–water partition coefficient (Wildman–Crippen LogP) is 0.00360. The fourth-order valence-corrected chi connectivity index (χ4v) is 1.95. The van der Waals surface area contributed by atoms with Crippen LogP contribution in [0.2, 0.25) is 0 Å². The topological polar surface area (TPSA) is 139 Å². The largest absolute Gasteiger partial charge is 0.481 e. The summed E-state index contributed by atoms with van der Waals surface area (Å²) in [4.78, 5) is 32.4. The van der Waals surface area contributed by atoms with Gasteiger partial charge in [-0.15, -0.1) is 0 Å². The normalized spacial score (nSPS) is 10.7. The Labute approximate surface area is 177 Å². The van der Waals surface area contributed by atoms with E-state index in [4.69, 9.17) is 28.8 Å². The molecule has 2 N–H and O–H groups in total. The number of ether oxygens (including phenoxy) is 6. The summed E-state index contributed by atoms with van der Waals surface area (Å²) in [5.74, 6) is -1.55. The van der Waals surface area contributed by atoms with Crippen LogP contribution in [0, 0.1) is 0 Å². The van der Waals surface area contributed by atoms with Crippen molar-refractivity contribution in [2.75, 3.05) is 79.7 Å². The van der Waals surface area contributed by atoms with E-state index in [1.807, 2.05) is 0 Å². The van der Waals surface area contributed by atoms with Crippen LogP contribution >= 0.6 is 0 Å². The molecule has 0 atom stereocenters. The quantitative estimate of drug-likeness (QED) is 0.176. The summed E-state index contributed by atoms with van der Waals surface area (Å²) >= 11 is 0. The molecule has 0 saturated heterocycles. The molecule has 11 heteroatoms. The van der Waals surface area contributed by atoms with Gasteiger partial charge in [-0.1, -0.05) is 0 Å². The molecule has 0 aliphatic carbocycles. The third kappa shape index (κ3) is 22.5. The zero-order valence-electron chi connectivity index (χ0n) is 17.7. The molecule has 0 aliphatic rings. The average Bonchev–Trinajstić information content (AvgIpc) is 2.73. The number of carbonyl (C=O) groups is 3. The second-order valence-corrected chi connectivity index (χ2v) is 5.99. The number of carboxylic acids is 1. The number of rotatable bonds is 22. The molecule has 30 heavy (non-hydrogen) atoms. The van der Waals surface area contributed by atoms with Crippen molar-refractivity contribution in [3.05, 3.63) is 0 Å². The van der Waals surface area contributed by atoms with E-state index in [0.717, 1.165) is 0 Å². The van der Waals surface area contributed by atoms with E-state index in [0.29, 0.717) is 79.0 Å². The Balaban J connectivity index is 3.12. The summed E-state index contributed by atoms with van der Waals surface area (Å²) in [5.41, 5.74) is 0. The molecule has 0 aliphatic heterocycles. The summed E-state index contributed by atoms with van der Waals surface area (Å²) in [5, 5.41) is 11.1. The highest BCUT2D eigenvalue weighted by molar-refractivity contribution is 5.80. The molecule has 0 unspecified atom stereocenters. The average molecular weight is 437 g/mol. The number of carbonyl (C=O) groups excluding carboxylic acids is 2. The molecule has 11 nitrogen and oxygen atoms in total. The molecule has 0 bridgehead atoms. The van der Waals surface area contributed by atoms with E-state index in [1.165, 1.54) is 7.11 Å². The van der Waals surface area contributed by atoms with Crippen LogP contribution in [0.3, 0.4) is 0 Å². The first-order chi connectivity index (χ1) is 14.6. The molecule has 0 fully saturated rings. The SMILES string of the molecule is COC(=O)CCOCCOCCOCCOCCOCCCNC(=O)CCC(=O)O. The van der Waals surface area contributed by atoms with Crippen LogP contribution in [-0.2, 0) is 42.8 Å². The Hall–Kier alpha value is -1.79. The Morgan fingerprint density at radius 1 is 0.667 bits per heavy atom. The molecule has 0 radical (unpaired) electrons. The molecule has 0 aromatic rings. The van der Waals surface area contributed by atoms with Crippen molar-refractivity contribution < 1.29 is 47.9 Å². The highest BCUT2D eigenvalue weighted by atomic mass is 16.6. The second-order valence-electron chi connectivity index (χ2n) is 5.99. The highest BCUT2D eigenvalue weighted by Gasteiger charge is 2.04. The number of aliphatic carboxylic acids is 1. The van der Waals surface area contributed by atoms with Gasteiger partial charge in [0.1, 0.15) is 0 Å². The highest BCUT2D eigenvalue weighted by Crippen LogP contribution is 1.90. The molecular weight excluding hydrogens is 402 g/mol. The van der Waals surface area contributed by atoms with Crippen molar-refractivity contribution in [1.29, 1.82) is 0 Å². The third-order valence-electron chi connectivity index (χ3n) is 3.52. The second kappa shape index (κ2) is 21.9. The van der Waals surface area contributed by atoms with Gasteiger partial charge in [-0.3, -0.25) is 14.4 Å². The van der Waals surface area contributed by atoms with Gasteiger partial charge in [-0.05, 0) is 6.42 Å². The van der Waals surface area contributed by atoms with Crippen molar-refractivity contribution in [1.82, 2.24) is 5.32 Å². The Bertz CT molecular complexity index is 447. The van der Waals surface area contributed by atoms with Crippen LogP contribution in [0.15, 0.2) is 0 Å². The molecule has 0 heterocycles. The Kier molecular flexibility index (Phi) is 20.6. The van der Waals surface area contributed by atoms with Crippen molar-refractivity contribution in [2.45, 2.75) is 25.7 Å². The van der Waals surface area contributed by atoms with E-state index in [9.17, 15) is 14.4 Å². The monoisotopic (exact) mass is 437 g/mol. The van der Waals surface area contributed by atoms with E-state index < -0.39 is 5.97 Å². The van der Waals surface area contributed by atoms with Crippen molar-refractivity contribution in [2.24, 2.45) is 0 Å². The summed E-state index contributed by atoms with van der Waals surface area (Å²) in [7, 11) is 1.34. The molecule has 176 valence electrons. The van der Waals surface area contributed by atoms with Crippen molar-refractivity contribution >= 4 is 17.8 Å². The molecule has 1 amide bonds. The maximum Gasteiger partial charge on any atom is 0.307 e. The van der Waals surface area contributed by atoms with Crippen LogP contribution in [-0.4, -0.2) is 103 Å². The van der Waals surface area contributed by atoms with Gasteiger partial charge in [-0.25, -0.2) is 0 Å². The minimum absolute atomic E-state index is 0.00880. The maximum absolute atomic E-state index is 11.3. The summed E-state index contributed by atoms with van der Waals surface area (Å²) in [6.45, 7) is 4.84. The lowest BCUT2D eigenvalue weighted by atomic mass is 10.3. The summed E-state index contributed by atoms with van der Waals surface area (Å²) < 4.78 is 31.1. The predicted molar refractivity (Wildman–Crippen MR) is 105 cm³/mol. The van der Waals surface area contributed by atoms with Crippen LogP contribution in [0.25, 0.3) is 0 Å². The van der Waals surface area contributed by atoms with Gasteiger partial charge in [0.2, 0.25) is 5.91 Å². The van der Waals surface area contributed by atoms with Gasteiger partial charge in [0.05, 0.1) is 79.4 Å². The minimum atomic E-state index is -0.983. The number of methoxy groups -OCH3 is 1. The first kappa shape index (κ1) is 28.2. The van der Waals surface area contributed by atoms with Crippen LogP contribution in [0.5, 0.6) is 0 Å². The van der Waals surface area contributed by atoms with Crippen LogP contribution < -0.4 is 5.32 Å². The summed E-state index contributed by atoms with van der Waals surface area (Å²) in [6.07, 6.45) is 0.716.